The van der Waals surface area contributed by atoms with Crippen LogP contribution in [-0.2, 0) is 0 Å². The maximum atomic E-state index is 14.2. The smallest absolute Gasteiger partial charge is 0.236 e. The highest BCUT2D eigenvalue weighted by molar-refractivity contribution is 5.64. The number of benzene rings is 2. The van der Waals surface area contributed by atoms with Gasteiger partial charge in [0, 0.05) is 6.42 Å². The Morgan fingerprint density at radius 3 is 1.93 bits per heavy atom. The van der Waals surface area contributed by atoms with E-state index in [0.717, 1.165) is 17.0 Å². The third-order valence-corrected chi connectivity index (χ3v) is 6.69. The average Bonchev–Trinajstić information content (AvgIpc) is 2.78. The van der Waals surface area contributed by atoms with Gasteiger partial charge in [-0.05, 0) is 59.8 Å². The first kappa shape index (κ1) is 22.9. The first-order valence-corrected chi connectivity index (χ1v) is 11.7. The minimum atomic E-state index is -3.31. The van der Waals surface area contributed by atoms with E-state index >= 15 is 0 Å². The molecule has 1 atom stereocenters. The van der Waals surface area contributed by atoms with Crippen molar-refractivity contribution in [2.45, 2.75) is 89.6 Å². The molecule has 1 saturated carbocycles. The van der Waals surface area contributed by atoms with Crippen molar-refractivity contribution >= 4 is 0 Å². The molecule has 0 spiro atoms. The van der Waals surface area contributed by atoms with Gasteiger partial charge in [0.1, 0.15) is 0 Å². The Kier molecular flexibility index (Phi) is 8.02. The summed E-state index contributed by atoms with van der Waals surface area (Å²) in [5.41, 5.74) is 3.42. The van der Waals surface area contributed by atoms with Crippen molar-refractivity contribution in [1.29, 1.82) is 0 Å². The Balaban J connectivity index is 1.61. The molecule has 0 bridgehead atoms. The van der Waals surface area contributed by atoms with Crippen LogP contribution in [0.25, 0.3) is 11.1 Å². The highest BCUT2D eigenvalue weighted by atomic mass is 19.3. The van der Waals surface area contributed by atoms with Crippen LogP contribution < -0.4 is 0 Å². The summed E-state index contributed by atoms with van der Waals surface area (Å²) in [6, 6.07) is 15.1. The molecule has 3 rings (SSSR count). The Hall–Kier alpha value is -1.77. The summed E-state index contributed by atoms with van der Waals surface area (Å²) in [4.78, 5) is 0. The molecule has 0 aromatic heterocycles. The lowest BCUT2D eigenvalue weighted by atomic mass is 9.77. The molecule has 3 heteroatoms. The number of halogens is 3. The molecule has 0 heterocycles. The number of rotatable bonds is 9. The largest absolute Gasteiger partial charge is 0.282 e. The molecule has 1 aliphatic rings. The third kappa shape index (κ3) is 5.68. The summed E-state index contributed by atoms with van der Waals surface area (Å²) in [7, 11) is 0. The van der Waals surface area contributed by atoms with Crippen LogP contribution in [0.15, 0.2) is 48.5 Å². The van der Waals surface area contributed by atoms with Crippen LogP contribution in [0, 0.1) is 5.92 Å². The van der Waals surface area contributed by atoms with Gasteiger partial charge in [0.15, 0.2) is 6.17 Å². The third-order valence-electron chi connectivity index (χ3n) is 6.69. The van der Waals surface area contributed by atoms with E-state index < -0.39 is 18.5 Å². The van der Waals surface area contributed by atoms with E-state index in [4.69, 9.17) is 0 Å². The first-order chi connectivity index (χ1) is 14.4. The lowest BCUT2D eigenvalue weighted by molar-refractivity contribution is -0.0807. The highest BCUT2D eigenvalue weighted by Gasteiger charge is 2.39. The molecule has 2 aromatic rings. The van der Waals surface area contributed by atoms with Gasteiger partial charge in [-0.3, -0.25) is 0 Å². The minimum Gasteiger partial charge on any atom is -0.236 e. The monoisotopic (exact) mass is 416 g/mol. The standard InChI is InChI=1S/C27H35F3/c1-3-5-6-20-7-9-21(10-8-20)22-11-13-23(14-12-22)24-15-17-25(18-16-24)26(28)27(29,30)19-4-2/h11-18,20-21,26H,3-10,19H2,1-2H3/t20-,21-,26?. The molecule has 0 amide bonds. The Bertz CT molecular complexity index is 756. The molecular formula is C27H35F3. The number of alkyl halides is 3. The molecule has 30 heavy (non-hydrogen) atoms. The molecule has 0 radical (unpaired) electrons. The van der Waals surface area contributed by atoms with Gasteiger partial charge in [-0.1, -0.05) is 88.1 Å². The van der Waals surface area contributed by atoms with Crippen LogP contribution in [0.3, 0.4) is 0 Å². The van der Waals surface area contributed by atoms with Crippen molar-refractivity contribution in [3.63, 3.8) is 0 Å². The summed E-state index contributed by atoms with van der Waals surface area (Å²) >= 11 is 0. The molecule has 0 aliphatic heterocycles. The van der Waals surface area contributed by atoms with Crippen molar-refractivity contribution in [1.82, 2.24) is 0 Å². The van der Waals surface area contributed by atoms with Gasteiger partial charge in [0.2, 0.25) is 0 Å². The summed E-state index contributed by atoms with van der Waals surface area (Å²) in [6.07, 6.45) is 6.80. The van der Waals surface area contributed by atoms with E-state index in [0.29, 0.717) is 5.92 Å². The zero-order valence-corrected chi connectivity index (χ0v) is 18.3. The number of hydrogen-bond donors (Lipinski definition) is 0. The molecule has 1 fully saturated rings. The zero-order valence-electron chi connectivity index (χ0n) is 18.3. The van der Waals surface area contributed by atoms with Gasteiger partial charge >= 0.3 is 0 Å². The maximum Gasteiger partial charge on any atom is 0.282 e. The maximum absolute atomic E-state index is 14.2. The van der Waals surface area contributed by atoms with Crippen LogP contribution in [0.5, 0.6) is 0 Å². The van der Waals surface area contributed by atoms with Crippen LogP contribution >= 0.6 is 0 Å². The lowest BCUT2D eigenvalue weighted by Crippen LogP contribution is -2.22. The molecular weight excluding hydrogens is 381 g/mol. The molecule has 0 nitrogen and oxygen atoms in total. The van der Waals surface area contributed by atoms with Crippen molar-refractivity contribution < 1.29 is 13.2 Å². The van der Waals surface area contributed by atoms with Gasteiger partial charge in [0.05, 0.1) is 0 Å². The van der Waals surface area contributed by atoms with Gasteiger partial charge in [0.25, 0.3) is 5.92 Å². The van der Waals surface area contributed by atoms with Crippen LogP contribution in [-0.4, -0.2) is 5.92 Å². The lowest BCUT2D eigenvalue weighted by Gasteiger charge is -2.29. The molecule has 164 valence electrons. The Morgan fingerprint density at radius 2 is 1.40 bits per heavy atom. The van der Waals surface area contributed by atoms with Crippen LogP contribution in [0.2, 0.25) is 0 Å². The van der Waals surface area contributed by atoms with Crippen molar-refractivity contribution in [2.24, 2.45) is 5.92 Å². The molecule has 1 unspecified atom stereocenters. The normalized spacial score (nSPS) is 20.8. The summed E-state index contributed by atoms with van der Waals surface area (Å²) in [5, 5.41) is 0. The van der Waals surface area contributed by atoms with Crippen molar-refractivity contribution in [3.05, 3.63) is 59.7 Å². The second-order valence-corrected chi connectivity index (χ2v) is 8.98. The second kappa shape index (κ2) is 10.5. The molecule has 0 saturated heterocycles. The average molecular weight is 417 g/mol. The van der Waals surface area contributed by atoms with Gasteiger partial charge in [-0.15, -0.1) is 0 Å². The quantitative estimate of drug-likeness (QED) is 0.382. The van der Waals surface area contributed by atoms with Crippen LogP contribution in [0.4, 0.5) is 13.2 Å². The SMILES string of the molecule is CCCC[C@H]1CC[C@H](c2ccc(-c3ccc(C(F)C(F)(F)CCC)cc3)cc2)CC1. The first-order valence-electron chi connectivity index (χ1n) is 11.7. The van der Waals surface area contributed by atoms with E-state index in [1.807, 2.05) is 0 Å². The fourth-order valence-corrected chi connectivity index (χ4v) is 4.77. The van der Waals surface area contributed by atoms with E-state index in [1.165, 1.54) is 62.6 Å². The summed E-state index contributed by atoms with van der Waals surface area (Å²) < 4.78 is 42.0. The van der Waals surface area contributed by atoms with Crippen LogP contribution in [0.1, 0.15) is 94.9 Å². The van der Waals surface area contributed by atoms with Crippen molar-refractivity contribution in [3.8, 4) is 11.1 Å². The topological polar surface area (TPSA) is 0 Å². The van der Waals surface area contributed by atoms with E-state index in [1.54, 1.807) is 19.1 Å². The van der Waals surface area contributed by atoms with Gasteiger partial charge in [-0.2, -0.15) is 0 Å². The predicted molar refractivity (Wildman–Crippen MR) is 120 cm³/mol. The Morgan fingerprint density at radius 1 is 0.833 bits per heavy atom. The van der Waals surface area contributed by atoms with E-state index in [-0.39, 0.29) is 12.0 Å². The van der Waals surface area contributed by atoms with Crippen molar-refractivity contribution in [2.75, 3.05) is 0 Å². The van der Waals surface area contributed by atoms with Gasteiger partial charge in [-0.25, -0.2) is 13.2 Å². The number of unbranched alkanes of at least 4 members (excludes halogenated alkanes) is 1. The minimum absolute atomic E-state index is 0.0497. The molecule has 1 aliphatic carbocycles. The number of hydrogen-bond acceptors (Lipinski definition) is 0. The summed E-state index contributed by atoms with van der Waals surface area (Å²) in [6.45, 7) is 3.91. The molecule has 0 N–H and O–H groups in total. The highest BCUT2D eigenvalue weighted by Crippen LogP contribution is 2.40. The Labute approximate surface area is 179 Å². The predicted octanol–water partition coefficient (Wildman–Crippen LogP) is 9.26. The fourth-order valence-electron chi connectivity index (χ4n) is 4.77. The second-order valence-electron chi connectivity index (χ2n) is 8.98. The van der Waals surface area contributed by atoms with E-state index in [2.05, 4.69) is 31.2 Å². The zero-order chi connectivity index (χ0) is 21.6. The van der Waals surface area contributed by atoms with E-state index in [9.17, 15) is 13.2 Å². The van der Waals surface area contributed by atoms with Gasteiger partial charge < -0.3 is 0 Å². The summed E-state index contributed by atoms with van der Waals surface area (Å²) in [5.74, 6) is -1.76. The molecule has 2 aromatic carbocycles. The fraction of sp³-hybridized carbons (Fsp3) is 0.556.